The number of methoxy groups -OCH3 is 1. The highest BCUT2D eigenvalue weighted by Gasteiger charge is 2.28. The lowest BCUT2D eigenvalue weighted by molar-refractivity contribution is 0.0955. The average Bonchev–Trinajstić information content (AvgIpc) is 3.00. The van der Waals surface area contributed by atoms with Crippen LogP contribution in [0.1, 0.15) is 21.5 Å². The molecule has 1 N–H and O–H groups in total. The third kappa shape index (κ3) is 6.21. The number of nitrogens with zero attached hydrogens (tertiary/aromatic N) is 3. The molecule has 0 aliphatic carbocycles. The normalized spacial score (nSPS) is 11.5. The van der Waals surface area contributed by atoms with Crippen molar-refractivity contribution in [2.45, 2.75) is 11.4 Å². The van der Waals surface area contributed by atoms with Crippen molar-refractivity contribution in [3.63, 3.8) is 0 Å². The summed E-state index contributed by atoms with van der Waals surface area (Å²) in [4.78, 5) is 17.8. The van der Waals surface area contributed by atoms with E-state index in [1.54, 1.807) is 61.7 Å². The van der Waals surface area contributed by atoms with E-state index in [2.05, 4.69) is 15.5 Å². The van der Waals surface area contributed by atoms with Crippen LogP contribution in [0.4, 0.5) is 5.69 Å². The van der Waals surface area contributed by atoms with Gasteiger partial charge in [-0.25, -0.2) is 18.8 Å². The second kappa shape index (κ2) is 12.2. The van der Waals surface area contributed by atoms with E-state index in [1.807, 2.05) is 42.5 Å². The van der Waals surface area contributed by atoms with Crippen molar-refractivity contribution in [3.05, 3.63) is 131 Å². The minimum Gasteiger partial charge on any atom is -0.497 e. The van der Waals surface area contributed by atoms with Crippen LogP contribution in [-0.2, 0) is 16.6 Å². The number of sulfonamides is 1. The fourth-order valence-electron chi connectivity index (χ4n) is 4.23. The Morgan fingerprint density at radius 1 is 0.951 bits per heavy atom. The third-order valence-electron chi connectivity index (χ3n) is 6.29. The highest BCUT2D eigenvalue weighted by Crippen LogP contribution is 2.29. The lowest BCUT2D eigenvalue weighted by Gasteiger charge is -2.26. The van der Waals surface area contributed by atoms with Crippen LogP contribution in [0.2, 0.25) is 5.15 Å². The predicted octanol–water partition coefficient (Wildman–Crippen LogP) is 6.06. The second-order valence-corrected chi connectivity index (χ2v) is 11.2. The third-order valence-corrected chi connectivity index (χ3v) is 8.37. The van der Waals surface area contributed by atoms with Gasteiger partial charge in [-0.2, -0.15) is 5.10 Å². The lowest BCUT2D eigenvalue weighted by atomic mass is 10.1. The van der Waals surface area contributed by atoms with E-state index in [-0.39, 0.29) is 27.8 Å². The van der Waals surface area contributed by atoms with Gasteiger partial charge in [0.2, 0.25) is 0 Å². The molecule has 5 rings (SSSR count). The van der Waals surface area contributed by atoms with Crippen molar-refractivity contribution >= 4 is 50.3 Å². The Morgan fingerprint density at radius 2 is 1.63 bits per heavy atom. The minimum atomic E-state index is -4.02. The molecule has 0 saturated heterocycles. The van der Waals surface area contributed by atoms with Crippen LogP contribution in [0, 0.1) is 0 Å². The highest BCUT2D eigenvalue weighted by atomic mass is 35.5. The van der Waals surface area contributed by atoms with Crippen LogP contribution in [-0.4, -0.2) is 32.6 Å². The summed E-state index contributed by atoms with van der Waals surface area (Å²) in [5.74, 6) is 0.0665. The summed E-state index contributed by atoms with van der Waals surface area (Å²) in [5.41, 5.74) is 4.75. The first-order valence-corrected chi connectivity index (χ1v) is 14.4. The van der Waals surface area contributed by atoms with Gasteiger partial charge in [0.1, 0.15) is 10.9 Å². The standard InChI is InChI=1S/C31H25ClN4O4S/c1-40-25-17-16-23-18-24(30(32)34-28(23)19-25)20-33-35-31(37)27-14-8-9-15-29(27)36(21-22-10-4-2-5-11-22)41(38,39)26-12-6-3-7-13-26/h2-20H,21H2,1H3,(H,35,37)/b33-20-. The van der Waals surface area contributed by atoms with E-state index in [0.717, 1.165) is 10.9 Å². The first-order valence-electron chi connectivity index (χ1n) is 12.6. The number of para-hydroxylation sites is 1. The molecule has 206 valence electrons. The summed E-state index contributed by atoms with van der Waals surface area (Å²) in [6.07, 6.45) is 1.39. The molecule has 0 unspecified atom stereocenters. The molecule has 0 aliphatic rings. The zero-order valence-corrected chi connectivity index (χ0v) is 23.5. The maximum Gasteiger partial charge on any atom is 0.273 e. The first-order chi connectivity index (χ1) is 19.9. The number of aromatic nitrogens is 1. The Kier molecular flexibility index (Phi) is 8.28. The van der Waals surface area contributed by atoms with Gasteiger partial charge < -0.3 is 4.74 Å². The van der Waals surface area contributed by atoms with Crippen molar-refractivity contribution in [2.75, 3.05) is 11.4 Å². The lowest BCUT2D eigenvalue weighted by Crippen LogP contribution is -2.33. The number of carbonyl (C=O) groups excluding carboxylic acids is 1. The van der Waals surface area contributed by atoms with Crippen molar-refractivity contribution in [1.82, 2.24) is 10.4 Å². The number of halogens is 1. The summed E-state index contributed by atoms with van der Waals surface area (Å²) in [7, 11) is -2.45. The van der Waals surface area contributed by atoms with Gasteiger partial charge in [0.25, 0.3) is 15.9 Å². The molecule has 10 heteroatoms. The van der Waals surface area contributed by atoms with E-state index in [4.69, 9.17) is 16.3 Å². The first kappa shape index (κ1) is 27.8. The summed E-state index contributed by atoms with van der Waals surface area (Å²) < 4.78 is 34.1. The number of carbonyl (C=O) groups is 1. The highest BCUT2D eigenvalue weighted by molar-refractivity contribution is 7.92. The molecule has 1 heterocycles. The SMILES string of the molecule is COc1ccc2cc(/C=N\NC(=O)c3ccccc3N(Cc3ccccc3)S(=O)(=O)c3ccccc3)c(Cl)nc2c1. The molecule has 8 nitrogen and oxygen atoms in total. The maximum absolute atomic E-state index is 13.8. The van der Waals surface area contributed by atoms with Gasteiger partial charge in [-0.05, 0) is 48.0 Å². The molecule has 1 aromatic heterocycles. The smallest absolute Gasteiger partial charge is 0.273 e. The fourth-order valence-corrected chi connectivity index (χ4v) is 5.92. The van der Waals surface area contributed by atoms with Gasteiger partial charge >= 0.3 is 0 Å². The Labute approximate surface area is 242 Å². The molecule has 0 bridgehead atoms. The quantitative estimate of drug-likeness (QED) is 0.129. The number of hydrazone groups is 1. The van der Waals surface area contributed by atoms with Gasteiger partial charge in [-0.15, -0.1) is 0 Å². The topological polar surface area (TPSA) is 101 Å². The molecule has 0 saturated carbocycles. The number of fused-ring (bicyclic) bond motifs is 1. The van der Waals surface area contributed by atoms with Gasteiger partial charge in [-0.3, -0.25) is 9.10 Å². The van der Waals surface area contributed by atoms with E-state index in [9.17, 15) is 13.2 Å². The molecule has 1 amide bonds. The number of hydrogen-bond acceptors (Lipinski definition) is 6. The molecule has 4 aromatic carbocycles. The Hall–Kier alpha value is -4.73. The van der Waals surface area contributed by atoms with Crippen LogP contribution in [0.25, 0.3) is 10.9 Å². The monoisotopic (exact) mass is 584 g/mol. The van der Waals surface area contributed by atoms with E-state index in [0.29, 0.717) is 16.8 Å². The predicted molar refractivity (Wildman–Crippen MR) is 161 cm³/mol. The Morgan fingerprint density at radius 3 is 2.37 bits per heavy atom. The van der Waals surface area contributed by atoms with Crippen LogP contribution in [0.5, 0.6) is 5.75 Å². The minimum absolute atomic E-state index is 0.0226. The molecular weight excluding hydrogens is 560 g/mol. The maximum atomic E-state index is 13.8. The Balaban J connectivity index is 1.45. The number of nitrogens with one attached hydrogen (secondary N) is 1. The van der Waals surface area contributed by atoms with Crippen LogP contribution < -0.4 is 14.5 Å². The molecule has 0 radical (unpaired) electrons. The Bertz CT molecular complexity index is 1830. The summed E-state index contributed by atoms with van der Waals surface area (Å²) in [6.45, 7) is 0.0226. The zero-order chi connectivity index (χ0) is 28.8. The van der Waals surface area contributed by atoms with Crippen molar-refractivity contribution in [2.24, 2.45) is 5.10 Å². The molecular formula is C31H25ClN4O4S. The number of pyridine rings is 1. The van der Waals surface area contributed by atoms with Crippen LogP contribution >= 0.6 is 11.6 Å². The van der Waals surface area contributed by atoms with Crippen molar-refractivity contribution in [3.8, 4) is 5.75 Å². The van der Waals surface area contributed by atoms with Crippen molar-refractivity contribution < 1.29 is 17.9 Å². The molecule has 5 aromatic rings. The second-order valence-electron chi connectivity index (χ2n) is 8.95. The van der Waals surface area contributed by atoms with Gasteiger partial charge in [0, 0.05) is 17.0 Å². The summed E-state index contributed by atoms with van der Waals surface area (Å²) in [6, 6.07) is 31.0. The number of benzene rings is 4. The number of amides is 1. The van der Waals surface area contributed by atoms with Crippen LogP contribution in [0.3, 0.4) is 0 Å². The molecule has 0 spiro atoms. The average molecular weight is 585 g/mol. The number of hydrogen-bond donors (Lipinski definition) is 1. The van der Waals surface area contributed by atoms with E-state index in [1.165, 1.54) is 22.7 Å². The largest absolute Gasteiger partial charge is 0.497 e. The van der Waals surface area contributed by atoms with Crippen LogP contribution in [0.15, 0.2) is 119 Å². The van der Waals surface area contributed by atoms with Gasteiger partial charge in [-0.1, -0.05) is 72.3 Å². The summed E-state index contributed by atoms with van der Waals surface area (Å²) >= 11 is 6.35. The number of anilines is 1. The number of ether oxygens (including phenoxy) is 1. The van der Waals surface area contributed by atoms with Gasteiger partial charge in [0.05, 0.1) is 41.5 Å². The molecule has 41 heavy (non-hydrogen) atoms. The van der Waals surface area contributed by atoms with E-state index >= 15 is 0 Å². The van der Waals surface area contributed by atoms with E-state index < -0.39 is 15.9 Å². The summed E-state index contributed by atoms with van der Waals surface area (Å²) in [5, 5.41) is 5.10. The molecule has 0 fully saturated rings. The number of rotatable bonds is 9. The van der Waals surface area contributed by atoms with Gasteiger partial charge in [0.15, 0.2) is 0 Å². The fraction of sp³-hybridized carbons (Fsp3) is 0.0645. The van der Waals surface area contributed by atoms with Crippen molar-refractivity contribution in [1.29, 1.82) is 0 Å². The zero-order valence-electron chi connectivity index (χ0n) is 21.9. The molecule has 0 atom stereocenters. The molecule has 0 aliphatic heterocycles.